The van der Waals surface area contributed by atoms with Crippen LogP contribution in [0.5, 0.6) is 0 Å². The van der Waals surface area contributed by atoms with E-state index in [1.807, 2.05) is 38.1 Å². The van der Waals surface area contributed by atoms with Gasteiger partial charge in [0.15, 0.2) is 4.34 Å². The summed E-state index contributed by atoms with van der Waals surface area (Å²) in [6.45, 7) is 4.35. The number of carbonyl (C=O) groups excluding carboxylic acids is 1. The highest BCUT2D eigenvalue weighted by molar-refractivity contribution is 8.02. The van der Waals surface area contributed by atoms with Gasteiger partial charge in [-0.15, -0.1) is 10.2 Å². The number of aromatic nitrogens is 2. The van der Waals surface area contributed by atoms with Crippen LogP contribution in [-0.4, -0.2) is 21.4 Å². The predicted molar refractivity (Wildman–Crippen MR) is 109 cm³/mol. The van der Waals surface area contributed by atoms with Crippen LogP contribution in [0.2, 0.25) is 0 Å². The third-order valence-corrected chi connectivity index (χ3v) is 5.76. The summed E-state index contributed by atoms with van der Waals surface area (Å²) in [5, 5.41) is 14.6. The molecule has 0 spiro atoms. The molecule has 3 aromatic rings. The monoisotopic (exact) mass is 402 g/mol. The molecule has 2 aromatic carbocycles. The lowest BCUT2D eigenvalue weighted by Crippen LogP contribution is -2.22. The average Bonchev–Trinajstić information content (AvgIpc) is 3.08. The maximum absolute atomic E-state index is 12.9. The highest BCUT2D eigenvalue weighted by Crippen LogP contribution is 2.29. The average molecular weight is 403 g/mol. The molecule has 1 heterocycles. The number of aryl methyl sites for hydroxylation is 1. The fourth-order valence-corrected chi connectivity index (χ4v) is 4.17. The van der Waals surface area contributed by atoms with Crippen molar-refractivity contribution in [3.05, 3.63) is 65.5 Å². The topological polar surface area (TPSA) is 66.9 Å². The zero-order valence-electron chi connectivity index (χ0n) is 14.9. The van der Waals surface area contributed by atoms with E-state index in [2.05, 4.69) is 20.8 Å². The Kier molecular flexibility index (Phi) is 6.41. The molecule has 3 rings (SSSR count). The van der Waals surface area contributed by atoms with Gasteiger partial charge < -0.3 is 10.6 Å². The molecule has 0 bridgehead atoms. The molecule has 2 N–H and O–H groups in total. The van der Waals surface area contributed by atoms with Crippen LogP contribution >= 0.6 is 23.1 Å². The van der Waals surface area contributed by atoms with Crippen molar-refractivity contribution in [2.75, 3.05) is 10.6 Å². The zero-order chi connectivity index (χ0) is 19.2. The Labute approximate surface area is 165 Å². The fourth-order valence-electron chi connectivity index (χ4n) is 2.28. The lowest BCUT2D eigenvalue weighted by atomic mass is 10.2. The van der Waals surface area contributed by atoms with Crippen molar-refractivity contribution in [2.45, 2.75) is 30.0 Å². The number of halogens is 1. The SMILES string of the molecule is Cc1cccc(NC(=O)C(C)Sc2nnc(NCc3ccc(F)cc3)s2)c1. The Morgan fingerprint density at radius 3 is 2.74 bits per heavy atom. The molecule has 1 unspecified atom stereocenters. The van der Waals surface area contributed by atoms with E-state index in [4.69, 9.17) is 0 Å². The summed E-state index contributed by atoms with van der Waals surface area (Å²) < 4.78 is 13.6. The summed E-state index contributed by atoms with van der Waals surface area (Å²) >= 11 is 2.75. The molecule has 1 atom stereocenters. The number of anilines is 2. The number of hydrogen-bond donors (Lipinski definition) is 2. The normalized spacial score (nSPS) is 11.8. The van der Waals surface area contributed by atoms with Gasteiger partial charge in [-0.1, -0.05) is 47.4 Å². The molecule has 140 valence electrons. The van der Waals surface area contributed by atoms with Crippen LogP contribution in [0.25, 0.3) is 0 Å². The molecule has 0 radical (unpaired) electrons. The van der Waals surface area contributed by atoms with Gasteiger partial charge in [0.25, 0.3) is 0 Å². The van der Waals surface area contributed by atoms with Crippen LogP contribution in [0, 0.1) is 12.7 Å². The summed E-state index contributed by atoms with van der Waals surface area (Å²) in [6, 6.07) is 14.0. The molecule has 0 fully saturated rings. The number of thioether (sulfide) groups is 1. The number of rotatable bonds is 7. The van der Waals surface area contributed by atoms with Gasteiger partial charge in [0.2, 0.25) is 11.0 Å². The Balaban J connectivity index is 1.51. The first-order valence-electron chi connectivity index (χ1n) is 8.35. The molecule has 1 amide bonds. The van der Waals surface area contributed by atoms with Gasteiger partial charge in [0, 0.05) is 12.2 Å². The van der Waals surface area contributed by atoms with Crippen LogP contribution in [-0.2, 0) is 11.3 Å². The van der Waals surface area contributed by atoms with E-state index in [-0.39, 0.29) is 17.0 Å². The van der Waals surface area contributed by atoms with Crippen molar-refractivity contribution in [3.8, 4) is 0 Å². The molecule has 0 saturated carbocycles. The number of nitrogens with zero attached hydrogens (tertiary/aromatic N) is 2. The molecule has 0 aliphatic heterocycles. The molecule has 0 aliphatic carbocycles. The fraction of sp³-hybridized carbons (Fsp3) is 0.211. The Hall–Kier alpha value is -2.45. The van der Waals surface area contributed by atoms with Gasteiger partial charge >= 0.3 is 0 Å². The van der Waals surface area contributed by atoms with Crippen LogP contribution in [0.3, 0.4) is 0 Å². The standard InChI is InChI=1S/C19H19FN4OS2/c1-12-4-3-5-16(10-12)22-17(25)13(2)26-19-24-23-18(27-19)21-11-14-6-8-15(20)9-7-14/h3-10,13H,11H2,1-2H3,(H,21,23)(H,22,25). The Morgan fingerprint density at radius 1 is 1.22 bits per heavy atom. The molecular weight excluding hydrogens is 383 g/mol. The van der Waals surface area contributed by atoms with Crippen LogP contribution in [0.4, 0.5) is 15.2 Å². The molecular formula is C19H19FN4OS2. The second-order valence-electron chi connectivity index (χ2n) is 5.97. The molecule has 27 heavy (non-hydrogen) atoms. The highest BCUT2D eigenvalue weighted by Gasteiger charge is 2.17. The quantitative estimate of drug-likeness (QED) is 0.560. The van der Waals surface area contributed by atoms with E-state index in [1.165, 1.54) is 35.2 Å². The van der Waals surface area contributed by atoms with Crippen LogP contribution in [0.15, 0.2) is 52.9 Å². The Bertz CT molecular complexity index is 914. The lowest BCUT2D eigenvalue weighted by molar-refractivity contribution is -0.115. The number of hydrogen-bond acceptors (Lipinski definition) is 6. The minimum absolute atomic E-state index is 0.0818. The van der Waals surface area contributed by atoms with Crippen molar-refractivity contribution < 1.29 is 9.18 Å². The maximum atomic E-state index is 12.9. The summed E-state index contributed by atoms with van der Waals surface area (Å²) in [5.74, 6) is -0.340. The van der Waals surface area contributed by atoms with E-state index in [1.54, 1.807) is 12.1 Å². The van der Waals surface area contributed by atoms with E-state index in [9.17, 15) is 9.18 Å². The van der Waals surface area contributed by atoms with E-state index in [0.717, 1.165) is 16.8 Å². The van der Waals surface area contributed by atoms with Crippen molar-refractivity contribution in [1.29, 1.82) is 0 Å². The first kappa shape index (κ1) is 19.3. The first-order valence-corrected chi connectivity index (χ1v) is 10.1. The smallest absolute Gasteiger partial charge is 0.237 e. The third kappa shape index (κ3) is 5.77. The van der Waals surface area contributed by atoms with Crippen LogP contribution < -0.4 is 10.6 Å². The largest absolute Gasteiger partial charge is 0.356 e. The summed E-state index contributed by atoms with van der Waals surface area (Å²) in [7, 11) is 0. The molecule has 8 heteroatoms. The second-order valence-corrected chi connectivity index (χ2v) is 8.54. The van der Waals surface area contributed by atoms with E-state index in [0.29, 0.717) is 16.0 Å². The van der Waals surface area contributed by atoms with Crippen molar-refractivity contribution >= 4 is 39.8 Å². The van der Waals surface area contributed by atoms with Gasteiger partial charge in [-0.2, -0.15) is 0 Å². The lowest BCUT2D eigenvalue weighted by Gasteiger charge is -2.10. The molecule has 1 aromatic heterocycles. The summed E-state index contributed by atoms with van der Waals surface area (Å²) in [5.41, 5.74) is 2.83. The van der Waals surface area contributed by atoms with Gasteiger partial charge in [0.05, 0.1) is 5.25 Å². The molecule has 0 aliphatic rings. The number of nitrogens with one attached hydrogen (secondary N) is 2. The van der Waals surface area contributed by atoms with Gasteiger partial charge in [0.1, 0.15) is 5.82 Å². The van der Waals surface area contributed by atoms with Gasteiger partial charge in [-0.25, -0.2) is 4.39 Å². The van der Waals surface area contributed by atoms with Gasteiger partial charge in [-0.05, 0) is 49.2 Å². The second kappa shape index (κ2) is 8.96. The van der Waals surface area contributed by atoms with Gasteiger partial charge in [-0.3, -0.25) is 4.79 Å². The minimum atomic E-state index is -0.302. The number of carbonyl (C=O) groups is 1. The van der Waals surface area contributed by atoms with Crippen LogP contribution in [0.1, 0.15) is 18.1 Å². The van der Waals surface area contributed by atoms with Crippen molar-refractivity contribution in [1.82, 2.24) is 10.2 Å². The first-order chi connectivity index (χ1) is 13.0. The predicted octanol–water partition coefficient (Wildman–Crippen LogP) is 4.72. The highest BCUT2D eigenvalue weighted by atomic mass is 32.2. The summed E-state index contributed by atoms with van der Waals surface area (Å²) in [6.07, 6.45) is 0. The third-order valence-electron chi connectivity index (χ3n) is 3.70. The van der Waals surface area contributed by atoms with E-state index < -0.39 is 0 Å². The minimum Gasteiger partial charge on any atom is -0.356 e. The number of benzene rings is 2. The van der Waals surface area contributed by atoms with Crippen molar-refractivity contribution in [3.63, 3.8) is 0 Å². The van der Waals surface area contributed by atoms with Crippen molar-refractivity contribution in [2.24, 2.45) is 0 Å². The molecule has 0 saturated heterocycles. The Morgan fingerprint density at radius 2 is 2.00 bits per heavy atom. The number of amides is 1. The molecule has 5 nitrogen and oxygen atoms in total. The summed E-state index contributed by atoms with van der Waals surface area (Å²) in [4.78, 5) is 12.4. The zero-order valence-corrected chi connectivity index (χ0v) is 16.5. The van der Waals surface area contributed by atoms with E-state index >= 15 is 0 Å². The maximum Gasteiger partial charge on any atom is 0.237 e.